The molecule has 0 aliphatic rings. The Hall–Kier alpha value is -1.44. The van der Waals surface area contributed by atoms with E-state index in [2.05, 4.69) is 10.0 Å². The molecule has 0 aromatic heterocycles. The molecule has 0 fully saturated rings. The van der Waals surface area contributed by atoms with Gasteiger partial charge in [0.15, 0.2) is 0 Å². The number of ether oxygens (including phenoxy) is 1. The van der Waals surface area contributed by atoms with Crippen molar-refractivity contribution in [2.75, 3.05) is 32.6 Å². The summed E-state index contributed by atoms with van der Waals surface area (Å²) >= 11 is 0. The molecule has 0 unspecified atom stereocenters. The lowest BCUT2D eigenvalue weighted by Crippen LogP contribution is -2.39. The summed E-state index contributed by atoms with van der Waals surface area (Å²) < 4.78 is 30.5. The van der Waals surface area contributed by atoms with Crippen LogP contribution in [0.4, 0.5) is 0 Å². The van der Waals surface area contributed by atoms with Crippen LogP contribution in [-0.2, 0) is 26.0 Å². The van der Waals surface area contributed by atoms with E-state index in [1.54, 1.807) is 0 Å². The first-order valence-electron chi connectivity index (χ1n) is 6.80. The molecule has 0 bridgehead atoms. The number of sulfonamides is 1. The van der Waals surface area contributed by atoms with Crippen molar-refractivity contribution in [2.24, 2.45) is 0 Å². The topological polar surface area (TPSA) is 84.5 Å². The Kier molecular flexibility index (Phi) is 7.96. The molecule has 0 aliphatic heterocycles. The minimum Gasteiger partial charge on any atom is -0.383 e. The highest BCUT2D eigenvalue weighted by Crippen LogP contribution is 2.03. The van der Waals surface area contributed by atoms with Crippen LogP contribution in [0, 0.1) is 0 Å². The van der Waals surface area contributed by atoms with Gasteiger partial charge in [-0.1, -0.05) is 30.3 Å². The largest absolute Gasteiger partial charge is 0.383 e. The molecule has 0 aliphatic carbocycles. The first kappa shape index (κ1) is 17.6. The molecular weight excluding hydrogens is 292 g/mol. The summed E-state index contributed by atoms with van der Waals surface area (Å²) in [6, 6.07) is 9.69. The summed E-state index contributed by atoms with van der Waals surface area (Å²) in [5.74, 6) is -0.355. The summed E-state index contributed by atoms with van der Waals surface area (Å²) in [5, 5.41) is 2.55. The number of rotatable bonds is 10. The molecule has 1 rings (SSSR count). The van der Waals surface area contributed by atoms with Crippen LogP contribution >= 0.6 is 0 Å². The Morgan fingerprint density at radius 2 is 1.95 bits per heavy atom. The summed E-state index contributed by atoms with van der Waals surface area (Å²) in [5.41, 5.74) is 1.10. The molecule has 1 aromatic carbocycles. The smallest absolute Gasteiger partial charge is 0.235 e. The predicted molar refractivity (Wildman–Crippen MR) is 81.4 cm³/mol. The third kappa shape index (κ3) is 8.44. The van der Waals surface area contributed by atoms with Crippen molar-refractivity contribution in [1.82, 2.24) is 10.0 Å². The van der Waals surface area contributed by atoms with Crippen LogP contribution in [0.15, 0.2) is 30.3 Å². The second kappa shape index (κ2) is 9.49. The number of hydrogen-bond acceptors (Lipinski definition) is 4. The first-order chi connectivity index (χ1) is 10.0. The minimum atomic E-state index is -3.42. The Bertz CT molecular complexity index is 517. The van der Waals surface area contributed by atoms with Crippen LogP contribution in [-0.4, -0.2) is 46.9 Å². The predicted octanol–water partition coefficient (Wildman–Crippen LogP) is 0.301. The van der Waals surface area contributed by atoms with E-state index in [1.807, 2.05) is 30.3 Å². The molecule has 0 heterocycles. The number of hydrogen-bond donors (Lipinski definition) is 2. The van der Waals surface area contributed by atoms with E-state index in [0.29, 0.717) is 26.0 Å². The molecule has 1 aromatic rings. The highest BCUT2D eigenvalue weighted by Gasteiger charge is 2.11. The van der Waals surface area contributed by atoms with E-state index in [-0.39, 0.29) is 18.2 Å². The van der Waals surface area contributed by atoms with Crippen LogP contribution < -0.4 is 10.0 Å². The van der Waals surface area contributed by atoms with Crippen LogP contribution in [0.2, 0.25) is 0 Å². The van der Waals surface area contributed by atoms with Gasteiger partial charge >= 0.3 is 0 Å². The molecule has 0 radical (unpaired) electrons. The molecule has 2 N–H and O–H groups in total. The van der Waals surface area contributed by atoms with E-state index in [4.69, 9.17) is 4.74 Å². The number of aryl methyl sites for hydroxylation is 1. The van der Waals surface area contributed by atoms with Crippen molar-refractivity contribution in [2.45, 2.75) is 12.8 Å². The monoisotopic (exact) mass is 314 g/mol. The average Bonchev–Trinajstić information content (AvgIpc) is 2.46. The normalized spacial score (nSPS) is 11.3. The number of nitrogens with one attached hydrogen (secondary N) is 2. The fraction of sp³-hybridized carbons (Fsp3) is 0.500. The minimum absolute atomic E-state index is 0.00719. The lowest BCUT2D eigenvalue weighted by atomic mass is 10.1. The number of amides is 1. The highest BCUT2D eigenvalue weighted by molar-refractivity contribution is 7.89. The fourth-order valence-corrected chi connectivity index (χ4v) is 2.73. The standard InChI is InChI=1S/C14H22N2O4S/c1-20-10-9-15-14(17)12-16-21(18,19)11-5-8-13-6-3-2-4-7-13/h2-4,6-7,16H,5,8-12H2,1H3,(H,15,17). The Morgan fingerprint density at radius 3 is 2.62 bits per heavy atom. The van der Waals surface area contributed by atoms with Gasteiger partial charge in [-0.2, -0.15) is 0 Å². The van der Waals surface area contributed by atoms with Crippen LogP contribution in [0.1, 0.15) is 12.0 Å². The zero-order valence-electron chi connectivity index (χ0n) is 12.2. The van der Waals surface area contributed by atoms with Crippen molar-refractivity contribution >= 4 is 15.9 Å². The summed E-state index contributed by atoms with van der Waals surface area (Å²) in [6.07, 6.45) is 1.21. The van der Waals surface area contributed by atoms with Gasteiger partial charge in [0.25, 0.3) is 0 Å². The quantitative estimate of drug-likeness (QED) is 0.608. The highest BCUT2D eigenvalue weighted by atomic mass is 32.2. The van der Waals surface area contributed by atoms with Crippen molar-refractivity contribution in [1.29, 1.82) is 0 Å². The van der Waals surface area contributed by atoms with E-state index < -0.39 is 10.0 Å². The van der Waals surface area contributed by atoms with Gasteiger partial charge in [-0.15, -0.1) is 0 Å². The summed E-state index contributed by atoms with van der Waals surface area (Å²) in [7, 11) is -1.89. The molecule has 0 saturated carbocycles. The van der Waals surface area contributed by atoms with Gasteiger partial charge in [-0.25, -0.2) is 13.1 Å². The van der Waals surface area contributed by atoms with Crippen LogP contribution in [0.25, 0.3) is 0 Å². The number of carbonyl (C=O) groups excluding carboxylic acids is 1. The maximum atomic E-state index is 11.7. The number of benzene rings is 1. The number of methoxy groups -OCH3 is 1. The van der Waals surface area contributed by atoms with Gasteiger partial charge < -0.3 is 10.1 Å². The zero-order chi connectivity index (χ0) is 15.6. The lowest BCUT2D eigenvalue weighted by molar-refractivity contribution is -0.120. The molecule has 21 heavy (non-hydrogen) atoms. The van der Waals surface area contributed by atoms with E-state index in [0.717, 1.165) is 5.56 Å². The van der Waals surface area contributed by atoms with Crippen molar-refractivity contribution < 1.29 is 17.9 Å². The molecule has 6 nitrogen and oxygen atoms in total. The van der Waals surface area contributed by atoms with Crippen LogP contribution in [0.5, 0.6) is 0 Å². The van der Waals surface area contributed by atoms with E-state index in [9.17, 15) is 13.2 Å². The average molecular weight is 314 g/mol. The summed E-state index contributed by atoms with van der Waals surface area (Å²) in [6.45, 7) is 0.526. The van der Waals surface area contributed by atoms with Gasteiger partial charge in [-0.3, -0.25) is 4.79 Å². The second-order valence-electron chi connectivity index (χ2n) is 4.57. The third-order valence-corrected chi connectivity index (χ3v) is 4.21. The van der Waals surface area contributed by atoms with Gasteiger partial charge in [0.2, 0.25) is 15.9 Å². The molecule has 1 amide bonds. The third-order valence-electron chi connectivity index (χ3n) is 2.80. The molecule has 0 saturated heterocycles. The van der Waals surface area contributed by atoms with Gasteiger partial charge in [-0.05, 0) is 18.4 Å². The van der Waals surface area contributed by atoms with Gasteiger partial charge in [0.1, 0.15) is 0 Å². The SMILES string of the molecule is COCCNC(=O)CNS(=O)(=O)CCCc1ccccc1. The second-order valence-corrected chi connectivity index (χ2v) is 6.50. The van der Waals surface area contributed by atoms with Crippen molar-refractivity contribution in [3.63, 3.8) is 0 Å². The molecule has 0 spiro atoms. The van der Waals surface area contributed by atoms with Crippen molar-refractivity contribution in [3.05, 3.63) is 35.9 Å². The Labute approximate surface area is 125 Å². The molecular formula is C14H22N2O4S. The molecule has 7 heteroatoms. The molecule has 118 valence electrons. The zero-order valence-corrected chi connectivity index (χ0v) is 13.0. The fourth-order valence-electron chi connectivity index (χ4n) is 1.71. The van der Waals surface area contributed by atoms with Crippen molar-refractivity contribution in [3.8, 4) is 0 Å². The molecule has 0 atom stereocenters. The maximum Gasteiger partial charge on any atom is 0.235 e. The lowest BCUT2D eigenvalue weighted by Gasteiger charge is -2.07. The van der Waals surface area contributed by atoms with Gasteiger partial charge in [0, 0.05) is 13.7 Å². The Balaban J connectivity index is 2.22. The first-order valence-corrected chi connectivity index (χ1v) is 8.45. The van der Waals surface area contributed by atoms with Crippen LogP contribution in [0.3, 0.4) is 0 Å². The van der Waals surface area contributed by atoms with Gasteiger partial charge in [0.05, 0.1) is 18.9 Å². The summed E-state index contributed by atoms with van der Waals surface area (Å²) in [4.78, 5) is 11.4. The number of carbonyl (C=O) groups is 1. The van der Waals surface area contributed by atoms with E-state index >= 15 is 0 Å². The maximum absolute atomic E-state index is 11.7. The Morgan fingerprint density at radius 1 is 1.24 bits per heavy atom. The van der Waals surface area contributed by atoms with E-state index in [1.165, 1.54) is 7.11 Å².